The minimum Gasteiger partial charge on any atom is -0.319 e. The quantitative estimate of drug-likeness (QED) is 0.878. The van der Waals surface area contributed by atoms with Crippen molar-refractivity contribution < 1.29 is 0 Å². The lowest BCUT2D eigenvalue weighted by Gasteiger charge is -2.20. The monoisotopic (exact) mass is 241 g/mol. The summed E-state index contributed by atoms with van der Waals surface area (Å²) in [5.74, 6) is 1.15. The summed E-state index contributed by atoms with van der Waals surface area (Å²) in [4.78, 5) is 4.71. The molecule has 0 bridgehead atoms. The maximum Gasteiger partial charge on any atom is 0.110 e. The zero-order chi connectivity index (χ0) is 12.5. The summed E-state index contributed by atoms with van der Waals surface area (Å²) in [6, 6.07) is 8.60. The second-order valence-electron chi connectivity index (χ2n) is 5.18. The molecular weight excluding hydrogens is 222 g/mol. The van der Waals surface area contributed by atoms with Gasteiger partial charge in [0.25, 0.3) is 0 Å². The molecule has 1 aromatic heterocycles. The Balaban J connectivity index is 1.85. The smallest absolute Gasteiger partial charge is 0.110 e. The minimum atomic E-state index is 0.118. The molecule has 0 fully saturated rings. The number of nitrogens with zero attached hydrogens (tertiary/aromatic N) is 2. The molecule has 94 valence electrons. The molecule has 1 aromatic carbocycles. The number of fused-ring (bicyclic) bond motifs is 1. The van der Waals surface area contributed by atoms with Crippen LogP contribution in [0, 0.1) is 6.92 Å². The summed E-state index contributed by atoms with van der Waals surface area (Å²) >= 11 is 0. The van der Waals surface area contributed by atoms with Crippen LogP contribution < -0.4 is 5.73 Å². The lowest BCUT2D eigenvalue weighted by atomic mass is 10.1. The van der Waals surface area contributed by atoms with Gasteiger partial charge in [-0.3, -0.25) is 0 Å². The Morgan fingerprint density at radius 2 is 2.33 bits per heavy atom. The van der Waals surface area contributed by atoms with Crippen LogP contribution in [0.4, 0.5) is 0 Å². The Morgan fingerprint density at radius 3 is 3.11 bits per heavy atom. The Hall–Kier alpha value is -1.61. The van der Waals surface area contributed by atoms with Gasteiger partial charge in [0.1, 0.15) is 5.82 Å². The van der Waals surface area contributed by atoms with Crippen molar-refractivity contribution in [1.82, 2.24) is 9.55 Å². The molecule has 1 aliphatic rings. The van der Waals surface area contributed by atoms with E-state index in [1.165, 1.54) is 11.1 Å². The second-order valence-corrected chi connectivity index (χ2v) is 5.18. The average Bonchev–Trinajstić information content (AvgIpc) is 2.73. The summed E-state index contributed by atoms with van der Waals surface area (Å²) in [5.41, 5.74) is 9.85. The number of benzene rings is 1. The van der Waals surface area contributed by atoms with Crippen molar-refractivity contribution in [3.8, 4) is 0 Å². The van der Waals surface area contributed by atoms with Gasteiger partial charge in [0, 0.05) is 19.0 Å². The van der Waals surface area contributed by atoms with Gasteiger partial charge in [0.15, 0.2) is 0 Å². The predicted octanol–water partition coefficient (Wildman–Crippen LogP) is 2.58. The molecule has 3 rings (SSSR count). The fourth-order valence-electron chi connectivity index (χ4n) is 2.68. The van der Waals surface area contributed by atoms with Crippen LogP contribution in [0.15, 0.2) is 30.5 Å². The number of hydrogen-bond acceptors (Lipinski definition) is 2. The zero-order valence-corrected chi connectivity index (χ0v) is 10.8. The van der Waals surface area contributed by atoms with Gasteiger partial charge in [-0.1, -0.05) is 29.8 Å². The average molecular weight is 241 g/mol. The maximum atomic E-state index is 6.10. The molecule has 1 unspecified atom stereocenters. The SMILES string of the molecule is Cc1cccc(Cc2cn3c(n2)CCCC3N)c1. The number of rotatable bonds is 2. The first-order chi connectivity index (χ1) is 8.72. The number of hydrogen-bond donors (Lipinski definition) is 1. The van der Waals surface area contributed by atoms with Crippen molar-refractivity contribution >= 4 is 0 Å². The van der Waals surface area contributed by atoms with Gasteiger partial charge < -0.3 is 10.3 Å². The van der Waals surface area contributed by atoms with E-state index in [9.17, 15) is 0 Å². The first-order valence-electron chi connectivity index (χ1n) is 6.60. The lowest BCUT2D eigenvalue weighted by Crippen LogP contribution is -2.24. The fraction of sp³-hybridized carbons (Fsp3) is 0.400. The Morgan fingerprint density at radius 1 is 1.44 bits per heavy atom. The van der Waals surface area contributed by atoms with Crippen molar-refractivity contribution in [2.45, 2.75) is 38.8 Å². The molecule has 2 heterocycles. The first kappa shape index (κ1) is 11.5. The van der Waals surface area contributed by atoms with Gasteiger partial charge in [-0.15, -0.1) is 0 Å². The highest BCUT2D eigenvalue weighted by atomic mass is 15.2. The Bertz CT molecular complexity index is 557. The van der Waals surface area contributed by atoms with E-state index >= 15 is 0 Å². The third-order valence-corrected chi connectivity index (χ3v) is 3.58. The topological polar surface area (TPSA) is 43.8 Å². The molecule has 18 heavy (non-hydrogen) atoms. The predicted molar refractivity (Wildman–Crippen MR) is 72.4 cm³/mol. The van der Waals surface area contributed by atoms with Crippen molar-refractivity contribution in [3.05, 3.63) is 53.1 Å². The molecule has 3 nitrogen and oxygen atoms in total. The number of nitrogens with two attached hydrogens (primary N) is 1. The fourth-order valence-corrected chi connectivity index (χ4v) is 2.68. The van der Waals surface area contributed by atoms with Crippen LogP contribution in [-0.2, 0) is 12.8 Å². The van der Waals surface area contributed by atoms with Crippen LogP contribution in [0.1, 0.15) is 41.7 Å². The van der Waals surface area contributed by atoms with Crippen LogP contribution in [0.3, 0.4) is 0 Å². The second kappa shape index (κ2) is 4.58. The minimum absolute atomic E-state index is 0.118. The zero-order valence-electron chi connectivity index (χ0n) is 10.8. The van der Waals surface area contributed by atoms with E-state index in [1.54, 1.807) is 0 Å². The van der Waals surface area contributed by atoms with Gasteiger partial charge in [-0.2, -0.15) is 0 Å². The van der Waals surface area contributed by atoms with Crippen molar-refractivity contribution in [1.29, 1.82) is 0 Å². The summed E-state index contributed by atoms with van der Waals surface area (Å²) < 4.78 is 2.15. The molecule has 0 radical (unpaired) electrons. The third kappa shape index (κ3) is 2.18. The van der Waals surface area contributed by atoms with E-state index in [1.807, 2.05) is 0 Å². The van der Waals surface area contributed by atoms with Crippen LogP contribution in [0.2, 0.25) is 0 Å². The van der Waals surface area contributed by atoms with E-state index in [4.69, 9.17) is 10.7 Å². The third-order valence-electron chi connectivity index (χ3n) is 3.58. The summed E-state index contributed by atoms with van der Waals surface area (Å²) in [5, 5.41) is 0. The molecule has 0 amide bonds. The molecule has 1 aliphatic heterocycles. The molecule has 3 heteroatoms. The molecular formula is C15H19N3. The van der Waals surface area contributed by atoms with Gasteiger partial charge >= 0.3 is 0 Å². The molecule has 0 saturated carbocycles. The highest BCUT2D eigenvalue weighted by Gasteiger charge is 2.18. The van der Waals surface area contributed by atoms with E-state index in [0.717, 1.165) is 37.2 Å². The molecule has 0 aliphatic carbocycles. The van der Waals surface area contributed by atoms with E-state index < -0.39 is 0 Å². The summed E-state index contributed by atoms with van der Waals surface area (Å²) in [6.07, 6.45) is 6.42. The highest BCUT2D eigenvalue weighted by molar-refractivity contribution is 5.26. The van der Waals surface area contributed by atoms with Crippen LogP contribution in [0.5, 0.6) is 0 Å². The highest BCUT2D eigenvalue weighted by Crippen LogP contribution is 2.22. The maximum absolute atomic E-state index is 6.10. The van der Waals surface area contributed by atoms with Gasteiger partial charge in [-0.05, 0) is 25.3 Å². The number of aryl methyl sites for hydroxylation is 2. The number of imidazole rings is 1. The van der Waals surface area contributed by atoms with E-state index in [-0.39, 0.29) is 6.17 Å². The van der Waals surface area contributed by atoms with Gasteiger partial charge in [-0.25, -0.2) is 4.98 Å². The van der Waals surface area contributed by atoms with Crippen molar-refractivity contribution in [3.63, 3.8) is 0 Å². The Kier molecular flexibility index (Phi) is 2.92. The summed E-state index contributed by atoms with van der Waals surface area (Å²) in [7, 11) is 0. The van der Waals surface area contributed by atoms with Crippen LogP contribution in [0.25, 0.3) is 0 Å². The molecule has 2 aromatic rings. The van der Waals surface area contributed by atoms with Crippen LogP contribution in [-0.4, -0.2) is 9.55 Å². The normalized spacial score (nSPS) is 18.7. The largest absolute Gasteiger partial charge is 0.319 e. The first-order valence-corrected chi connectivity index (χ1v) is 6.60. The van der Waals surface area contributed by atoms with Crippen LogP contribution >= 0.6 is 0 Å². The van der Waals surface area contributed by atoms with Gasteiger partial charge in [0.05, 0.1) is 11.9 Å². The molecule has 2 N–H and O–H groups in total. The lowest BCUT2D eigenvalue weighted by molar-refractivity contribution is 0.408. The molecule has 0 spiro atoms. The van der Waals surface area contributed by atoms with Gasteiger partial charge in [0.2, 0.25) is 0 Å². The standard InChI is InChI=1S/C15H19N3/c1-11-4-2-5-12(8-11)9-13-10-18-14(16)6-3-7-15(18)17-13/h2,4-5,8,10,14H,3,6-7,9,16H2,1H3. The van der Waals surface area contributed by atoms with Crippen molar-refractivity contribution in [2.75, 3.05) is 0 Å². The molecule has 1 atom stereocenters. The number of aromatic nitrogens is 2. The van der Waals surface area contributed by atoms with E-state index in [2.05, 4.69) is 42.0 Å². The Labute approximate surface area is 108 Å². The van der Waals surface area contributed by atoms with Crippen molar-refractivity contribution in [2.24, 2.45) is 5.73 Å². The summed E-state index contributed by atoms with van der Waals surface area (Å²) in [6.45, 7) is 2.12. The molecule has 0 saturated heterocycles. The van der Waals surface area contributed by atoms with E-state index in [0.29, 0.717) is 0 Å².